The average molecular weight is 361 g/mol. The number of hydrogen-bond acceptors (Lipinski definition) is 1. The molecule has 0 bridgehead atoms. The molecule has 0 aliphatic rings. The summed E-state index contributed by atoms with van der Waals surface area (Å²) in [5, 5.41) is 4.95. The highest BCUT2D eigenvalue weighted by atomic mass is 16.3. The number of hydrogen-bond donors (Lipinski definition) is 0. The minimum Gasteiger partial charge on any atom is -0.456 e. The number of aromatic nitrogens is 1. The van der Waals surface area contributed by atoms with Gasteiger partial charge in [-0.2, -0.15) is 0 Å². The van der Waals surface area contributed by atoms with Crippen molar-refractivity contribution in [2.45, 2.75) is 6.92 Å². The summed E-state index contributed by atoms with van der Waals surface area (Å²) < 4.78 is 8.40. The van der Waals surface area contributed by atoms with Crippen LogP contribution in [0, 0.1) is 6.92 Å². The summed E-state index contributed by atoms with van der Waals surface area (Å²) in [4.78, 5) is 0. The third kappa shape index (κ3) is 2.09. The fraction of sp³-hybridized carbons (Fsp3) is 0.0769. The molecule has 0 radical (unpaired) electrons. The molecule has 0 spiro atoms. The lowest BCUT2D eigenvalue weighted by atomic mass is 10.0. The largest absolute Gasteiger partial charge is 0.456 e. The van der Waals surface area contributed by atoms with Gasteiger partial charge in [0, 0.05) is 39.6 Å². The van der Waals surface area contributed by atoms with Crippen LogP contribution in [0.25, 0.3) is 54.9 Å². The van der Waals surface area contributed by atoms with E-state index >= 15 is 0 Å². The molecule has 0 amide bonds. The van der Waals surface area contributed by atoms with Crippen molar-refractivity contribution in [3.05, 3.63) is 84.4 Å². The highest BCUT2D eigenvalue weighted by molar-refractivity contribution is 6.09. The Labute approximate surface area is 162 Å². The molecule has 28 heavy (non-hydrogen) atoms. The molecule has 0 N–H and O–H groups in total. The third-order valence-electron chi connectivity index (χ3n) is 5.87. The van der Waals surface area contributed by atoms with E-state index in [-0.39, 0.29) is 0 Å². The van der Waals surface area contributed by atoms with Crippen molar-refractivity contribution in [1.29, 1.82) is 0 Å². The van der Waals surface area contributed by atoms with Gasteiger partial charge in [-0.05, 0) is 54.4 Å². The van der Waals surface area contributed by atoms with Gasteiger partial charge in [-0.1, -0.05) is 48.0 Å². The Morgan fingerprint density at radius 1 is 0.607 bits per heavy atom. The van der Waals surface area contributed by atoms with Gasteiger partial charge in [-0.15, -0.1) is 0 Å². The number of nitrogens with zero attached hydrogens (tertiary/aromatic N) is 1. The summed E-state index contributed by atoms with van der Waals surface area (Å²) in [5.74, 6) is 0. The molecule has 2 heteroatoms. The lowest BCUT2D eigenvalue weighted by Crippen LogP contribution is -1.86. The highest BCUT2D eigenvalue weighted by Gasteiger charge is 2.11. The predicted octanol–water partition coefficient (Wildman–Crippen LogP) is 7.21. The predicted molar refractivity (Wildman–Crippen MR) is 118 cm³/mol. The van der Waals surface area contributed by atoms with Crippen LogP contribution in [0.2, 0.25) is 0 Å². The van der Waals surface area contributed by atoms with Crippen LogP contribution in [0.3, 0.4) is 0 Å². The summed E-state index contributed by atoms with van der Waals surface area (Å²) >= 11 is 0. The van der Waals surface area contributed by atoms with Crippen molar-refractivity contribution in [2.24, 2.45) is 7.05 Å². The molecule has 2 nitrogen and oxygen atoms in total. The van der Waals surface area contributed by atoms with Crippen molar-refractivity contribution < 1.29 is 4.42 Å². The standard InChI is InChI=1S/C26H19NO/c1-16-7-12-25-22(13-16)21-11-9-18(15-26(21)28-25)17-8-10-20-19-5-3-4-6-23(19)27(2)24(20)14-17/h3-15H,1-2H3. The molecular weight excluding hydrogens is 342 g/mol. The first-order valence-electron chi connectivity index (χ1n) is 9.59. The van der Waals surface area contributed by atoms with Crippen molar-refractivity contribution in [3.8, 4) is 11.1 Å². The molecule has 0 saturated heterocycles. The van der Waals surface area contributed by atoms with E-state index in [4.69, 9.17) is 4.42 Å². The van der Waals surface area contributed by atoms with Crippen LogP contribution in [0.5, 0.6) is 0 Å². The summed E-state index contributed by atoms with van der Waals surface area (Å²) in [6.45, 7) is 2.12. The van der Waals surface area contributed by atoms with E-state index in [2.05, 4.69) is 97.4 Å². The molecule has 0 atom stereocenters. The monoisotopic (exact) mass is 361 g/mol. The van der Waals surface area contributed by atoms with Crippen molar-refractivity contribution in [2.75, 3.05) is 0 Å². The van der Waals surface area contributed by atoms with Crippen LogP contribution in [-0.2, 0) is 7.05 Å². The zero-order valence-electron chi connectivity index (χ0n) is 15.9. The molecule has 134 valence electrons. The minimum absolute atomic E-state index is 0.940. The molecule has 0 aliphatic heterocycles. The fourth-order valence-electron chi connectivity index (χ4n) is 4.41. The third-order valence-corrected chi connectivity index (χ3v) is 5.87. The van der Waals surface area contributed by atoms with Gasteiger partial charge in [0.05, 0.1) is 0 Å². The van der Waals surface area contributed by atoms with Crippen molar-refractivity contribution >= 4 is 43.7 Å². The number of para-hydroxylation sites is 1. The summed E-state index contributed by atoms with van der Waals surface area (Å²) in [7, 11) is 2.14. The van der Waals surface area contributed by atoms with Crippen LogP contribution >= 0.6 is 0 Å². The van der Waals surface area contributed by atoms with Gasteiger partial charge in [0.25, 0.3) is 0 Å². The number of benzene rings is 4. The van der Waals surface area contributed by atoms with E-state index in [0.29, 0.717) is 0 Å². The zero-order valence-corrected chi connectivity index (χ0v) is 15.9. The van der Waals surface area contributed by atoms with Crippen LogP contribution < -0.4 is 0 Å². The topological polar surface area (TPSA) is 18.1 Å². The van der Waals surface area contributed by atoms with Gasteiger partial charge in [-0.3, -0.25) is 0 Å². The fourth-order valence-corrected chi connectivity index (χ4v) is 4.41. The van der Waals surface area contributed by atoms with Gasteiger partial charge in [0.15, 0.2) is 0 Å². The first kappa shape index (κ1) is 15.5. The Balaban J connectivity index is 1.58. The zero-order chi connectivity index (χ0) is 18.8. The van der Waals surface area contributed by atoms with Gasteiger partial charge < -0.3 is 8.98 Å². The van der Waals surface area contributed by atoms with E-state index in [9.17, 15) is 0 Å². The van der Waals surface area contributed by atoms with E-state index in [0.717, 1.165) is 11.2 Å². The Kier molecular flexibility index (Phi) is 3.05. The van der Waals surface area contributed by atoms with E-state index in [1.54, 1.807) is 0 Å². The molecule has 0 unspecified atom stereocenters. The number of rotatable bonds is 1. The SMILES string of the molecule is Cc1ccc2oc3cc(-c4ccc5c6ccccc6n(C)c5c4)ccc3c2c1. The number of aryl methyl sites for hydroxylation is 2. The second-order valence-corrected chi connectivity index (χ2v) is 7.62. The molecule has 0 fully saturated rings. The minimum atomic E-state index is 0.940. The van der Waals surface area contributed by atoms with Crippen molar-refractivity contribution in [1.82, 2.24) is 4.57 Å². The van der Waals surface area contributed by atoms with Gasteiger partial charge in [0.1, 0.15) is 11.2 Å². The first-order valence-corrected chi connectivity index (χ1v) is 9.59. The molecule has 0 aliphatic carbocycles. The second kappa shape index (κ2) is 5.49. The summed E-state index contributed by atoms with van der Waals surface area (Å²) in [6, 6.07) is 28.2. The van der Waals surface area contributed by atoms with E-state index < -0.39 is 0 Å². The normalized spacial score (nSPS) is 11.9. The van der Waals surface area contributed by atoms with Gasteiger partial charge >= 0.3 is 0 Å². The maximum absolute atomic E-state index is 6.12. The Morgan fingerprint density at radius 3 is 2.25 bits per heavy atom. The molecule has 0 saturated carbocycles. The molecule has 2 aromatic heterocycles. The average Bonchev–Trinajstić information content (AvgIpc) is 3.23. The van der Waals surface area contributed by atoms with E-state index in [1.807, 2.05) is 0 Å². The smallest absolute Gasteiger partial charge is 0.136 e. The molecule has 4 aromatic carbocycles. The summed E-state index contributed by atoms with van der Waals surface area (Å²) in [5.41, 5.74) is 8.03. The van der Waals surface area contributed by atoms with Crippen LogP contribution in [0.15, 0.2) is 83.3 Å². The maximum Gasteiger partial charge on any atom is 0.136 e. The lowest BCUT2D eigenvalue weighted by molar-refractivity contribution is 0.669. The first-order chi connectivity index (χ1) is 13.7. The Hall–Kier alpha value is -3.52. The van der Waals surface area contributed by atoms with Gasteiger partial charge in [0.2, 0.25) is 0 Å². The Bertz CT molecular complexity index is 1530. The highest BCUT2D eigenvalue weighted by Crippen LogP contribution is 2.35. The molecular formula is C26H19NO. The molecule has 6 aromatic rings. The Morgan fingerprint density at radius 2 is 1.36 bits per heavy atom. The summed E-state index contributed by atoms with van der Waals surface area (Å²) in [6.07, 6.45) is 0. The van der Waals surface area contributed by atoms with Crippen LogP contribution in [-0.4, -0.2) is 4.57 Å². The number of furan rings is 1. The van der Waals surface area contributed by atoms with Crippen molar-refractivity contribution in [3.63, 3.8) is 0 Å². The van der Waals surface area contributed by atoms with E-state index in [1.165, 1.54) is 49.3 Å². The molecule has 6 rings (SSSR count). The second-order valence-electron chi connectivity index (χ2n) is 7.62. The quantitative estimate of drug-likeness (QED) is 0.303. The molecule has 2 heterocycles. The lowest BCUT2D eigenvalue weighted by Gasteiger charge is -2.04. The van der Waals surface area contributed by atoms with Gasteiger partial charge in [-0.25, -0.2) is 0 Å². The number of fused-ring (bicyclic) bond motifs is 6. The van der Waals surface area contributed by atoms with Crippen LogP contribution in [0.1, 0.15) is 5.56 Å². The maximum atomic E-state index is 6.12. The van der Waals surface area contributed by atoms with Crippen LogP contribution in [0.4, 0.5) is 0 Å².